The molecule has 1 aliphatic rings. The molecule has 6 nitrogen and oxygen atoms in total. The van der Waals surface area contributed by atoms with Crippen LogP contribution in [0.25, 0.3) is 0 Å². The first-order valence-electron chi connectivity index (χ1n) is 6.97. The van der Waals surface area contributed by atoms with E-state index in [2.05, 4.69) is 10.4 Å². The molecule has 0 saturated carbocycles. The Morgan fingerprint density at radius 1 is 1.62 bits per heavy atom. The van der Waals surface area contributed by atoms with Crippen molar-refractivity contribution in [2.75, 3.05) is 18.5 Å². The standard InChI is InChI=1S/C14H17ClN4O2/c1-2-18-8-10(15)7-12(18)14(20)17-13-3-5-16-19(13)11-4-6-21-9-11/h3,5,7-8,11H,2,4,6,9H2,1H3,(H,17,20). The Bertz CT molecular complexity index is 643. The van der Waals surface area contributed by atoms with Gasteiger partial charge in [-0.2, -0.15) is 5.10 Å². The first kappa shape index (κ1) is 14.2. The fourth-order valence-electron chi connectivity index (χ4n) is 2.53. The van der Waals surface area contributed by atoms with Crippen molar-refractivity contribution in [2.24, 2.45) is 0 Å². The Kier molecular flexibility index (Phi) is 3.98. The second kappa shape index (κ2) is 5.91. The predicted molar refractivity (Wildman–Crippen MR) is 79.8 cm³/mol. The van der Waals surface area contributed by atoms with Crippen LogP contribution in [0.1, 0.15) is 29.9 Å². The van der Waals surface area contributed by atoms with Crippen molar-refractivity contribution in [3.63, 3.8) is 0 Å². The number of aromatic nitrogens is 3. The lowest BCUT2D eigenvalue weighted by molar-refractivity contribution is 0.101. The van der Waals surface area contributed by atoms with Crippen molar-refractivity contribution >= 4 is 23.3 Å². The molecule has 0 spiro atoms. The minimum Gasteiger partial charge on any atom is -0.379 e. The summed E-state index contributed by atoms with van der Waals surface area (Å²) in [5, 5.41) is 7.74. The topological polar surface area (TPSA) is 61.1 Å². The monoisotopic (exact) mass is 308 g/mol. The molecule has 112 valence electrons. The Balaban J connectivity index is 1.80. The lowest BCUT2D eigenvalue weighted by Crippen LogP contribution is -2.21. The maximum Gasteiger partial charge on any atom is 0.273 e. The fourth-order valence-corrected chi connectivity index (χ4v) is 2.75. The third-order valence-corrected chi connectivity index (χ3v) is 3.81. The second-order valence-corrected chi connectivity index (χ2v) is 5.40. The van der Waals surface area contributed by atoms with Crippen LogP contribution in [0.5, 0.6) is 0 Å². The molecule has 1 fully saturated rings. The van der Waals surface area contributed by atoms with Gasteiger partial charge < -0.3 is 14.6 Å². The summed E-state index contributed by atoms with van der Waals surface area (Å²) >= 11 is 5.97. The number of ether oxygens (including phenoxy) is 1. The number of nitrogens with one attached hydrogen (secondary N) is 1. The fraction of sp³-hybridized carbons (Fsp3) is 0.429. The lowest BCUT2D eigenvalue weighted by atomic mass is 10.3. The molecule has 0 aromatic carbocycles. The largest absolute Gasteiger partial charge is 0.379 e. The van der Waals surface area contributed by atoms with Crippen molar-refractivity contribution in [1.29, 1.82) is 0 Å². The Morgan fingerprint density at radius 2 is 2.48 bits per heavy atom. The molecular formula is C14H17ClN4O2. The SMILES string of the molecule is CCn1cc(Cl)cc1C(=O)Nc1ccnn1C1CCOC1. The summed E-state index contributed by atoms with van der Waals surface area (Å²) in [4.78, 5) is 12.4. The van der Waals surface area contributed by atoms with Gasteiger partial charge in [-0.1, -0.05) is 11.6 Å². The number of carbonyl (C=O) groups is 1. The van der Waals surface area contributed by atoms with E-state index in [-0.39, 0.29) is 11.9 Å². The van der Waals surface area contributed by atoms with Gasteiger partial charge in [0.15, 0.2) is 0 Å². The quantitative estimate of drug-likeness (QED) is 0.944. The molecule has 2 aromatic rings. The minimum absolute atomic E-state index is 0.178. The molecule has 0 aliphatic carbocycles. The molecule has 0 bridgehead atoms. The summed E-state index contributed by atoms with van der Waals surface area (Å²) in [6.45, 7) is 4.01. The summed E-state index contributed by atoms with van der Waals surface area (Å²) in [6, 6.07) is 3.63. The molecule has 1 unspecified atom stereocenters. The van der Waals surface area contributed by atoms with Crippen LogP contribution in [0, 0.1) is 0 Å². The van der Waals surface area contributed by atoms with Gasteiger partial charge in [-0.15, -0.1) is 0 Å². The highest BCUT2D eigenvalue weighted by Gasteiger charge is 2.22. The summed E-state index contributed by atoms with van der Waals surface area (Å²) in [5.74, 6) is 0.486. The van der Waals surface area contributed by atoms with E-state index in [0.717, 1.165) is 13.0 Å². The highest BCUT2D eigenvalue weighted by atomic mass is 35.5. The Labute approximate surface area is 127 Å². The van der Waals surface area contributed by atoms with Crippen molar-refractivity contribution in [3.8, 4) is 0 Å². The summed E-state index contributed by atoms with van der Waals surface area (Å²) in [6.07, 6.45) is 4.33. The number of hydrogen-bond donors (Lipinski definition) is 1. The van der Waals surface area contributed by atoms with Crippen LogP contribution in [0.15, 0.2) is 24.5 Å². The smallest absolute Gasteiger partial charge is 0.273 e. The van der Waals surface area contributed by atoms with Crippen LogP contribution in [-0.4, -0.2) is 33.5 Å². The number of carbonyl (C=O) groups excluding carboxylic acids is 1. The van der Waals surface area contributed by atoms with E-state index in [1.54, 1.807) is 24.5 Å². The first-order chi connectivity index (χ1) is 10.2. The van der Waals surface area contributed by atoms with Gasteiger partial charge in [0.2, 0.25) is 0 Å². The van der Waals surface area contributed by atoms with E-state index in [4.69, 9.17) is 16.3 Å². The van der Waals surface area contributed by atoms with Gasteiger partial charge in [0.05, 0.1) is 23.9 Å². The maximum atomic E-state index is 12.4. The highest BCUT2D eigenvalue weighted by Crippen LogP contribution is 2.23. The van der Waals surface area contributed by atoms with Crippen LogP contribution in [0.3, 0.4) is 0 Å². The van der Waals surface area contributed by atoms with E-state index in [1.165, 1.54) is 0 Å². The van der Waals surface area contributed by atoms with Crippen LogP contribution >= 0.6 is 11.6 Å². The number of aryl methyl sites for hydroxylation is 1. The molecule has 1 atom stereocenters. The van der Waals surface area contributed by atoms with Gasteiger partial charge in [-0.3, -0.25) is 4.79 Å². The van der Waals surface area contributed by atoms with Crippen LogP contribution < -0.4 is 5.32 Å². The minimum atomic E-state index is -0.190. The van der Waals surface area contributed by atoms with Crippen LogP contribution in [-0.2, 0) is 11.3 Å². The average molecular weight is 309 g/mol. The van der Waals surface area contributed by atoms with Crippen molar-refractivity contribution in [2.45, 2.75) is 25.9 Å². The summed E-state index contributed by atoms with van der Waals surface area (Å²) in [5.41, 5.74) is 0.540. The second-order valence-electron chi connectivity index (χ2n) is 4.96. The van der Waals surface area contributed by atoms with Crippen molar-refractivity contribution in [3.05, 3.63) is 35.2 Å². The maximum absolute atomic E-state index is 12.4. The molecule has 21 heavy (non-hydrogen) atoms. The van der Waals surface area contributed by atoms with Crippen LogP contribution in [0.2, 0.25) is 5.02 Å². The third kappa shape index (κ3) is 2.82. The predicted octanol–water partition coefficient (Wildman–Crippen LogP) is 2.57. The highest BCUT2D eigenvalue weighted by molar-refractivity contribution is 6.31. The zero-order valence-corrected chi connectivity index (χ0v) is 12.5. The Hall–Kier alpha value is -1.79. The zero-order valence-electron chi connectivity index (χ0n) is 11.8. The zero-order chi connectivity index (χ0) is 14.8. The number of rotatable bonds is 4. The van der Waals surface area contributed by atoms with E-state index < -0.39 is 0 Å². The average Bonchev–Trinajstić information content (AvgIpc) is 3.17. The molecule has 3 rings (SSSR count). The first-order valence-corrected chi connectivity index (χ1v) is 7.35. The van der Waals surface area contributed by atoms with E-state index >= 15 is 0 Å². The lowest BCUT2D eigenvalue weighted by Gasteiger charge is -2.14. The molecule has 1 N–H and O–H groups in total. The van der Waals surface area contributed by atoms with Gasteiger partial charge in [-0.05, 0) is 19.4 Å². The third-order valence-electron chi connectivity index (χ3n) is 3.60. The van der Waals surface area contributed by atoms with E-state index in [1.807, 2.05) is 16.2 Å². The molecule has 1 saturated heterocycles. The number of amides is 1. The van der Waals surface area contributed by atoms with Gasteiger partial charge in [0.25, 0.3) is 5.91 Å². The number of hydrogen-bond acceptors (Lipinski definition) is 3. The van der Waals surface area contributed by atoms with E-state index in [0.29, 0.717) is 29.7 Å². The summed E-state index contributed by atoms with van der Waals surface area (Å²) < 4.78 is 9.00. The molecule has 0 radical (unpaired) electrons. The molecule has 3 heterocycles. The number of anilines is 1. The molecule has 1 amide bonds. The van der Waals surface area contributed by atoms with Gasteiger partial charge in [0.1, 0.15) is 11.5 Å². The number of nitrogens with zero attached hydrogens (tertiary/aromatic N) is 3. The summed E-state index contributed by atoms with van der Waals surface area (Å²) in [7, 11) is 0. The molecular weight excluding hydrogens is 292 g/mol. The molecule has 1 aliphatic heterocycles. The van der Waals surface area contributed by atoms with Crippen molar-refractivity contribution < 1.29 is 9.53 Å². The van der Waals surface area contributed by atoms with Gasteiger partial charge >= 0.3 is 0 Å². The van der Waals surface area contributed by atoms with Gasteiger partial charge in [-0.25, -0.2) is 4.68 Å². The molecule has 7 heteroatoms. The van der Waals surface area contributed by atoms with Crippen LogP contribution in [0.4, 0.5) is 5.82 Å². The number of halogens is 1. The Morgan fingerprint density at radius 3 is 3.19 bits per heavy atom. The molecule has 2 aromatic heterocycles. The van der Waals surface area contributed by atoms with E-state index in [9.17, 15) is 4.79 Å². The van der Waals surface area contributed by atoms with Gasteiger partial charge in [0, 0.05) is 25.4 Å². The van der Waals surface area contributed by atoms with Crippen molar-refractivity contribution in [1.82, 2.24) is 14.3 Å². The normalized spacial score (nSPS) is 18.1.